The molecule has 0 fully saturated rings. The summed E-state index contributed by atoms with van der Waals surface area (Å²) < 4.78 is 0. The molecule has 28 heavy (non-hydrogen) atoms. The number of carbonyl (C=O) groups excluding carboxylic acids is 2. The van der Waals surface area contributed by atoms with E-state index in [9.17, 15) is 29.4 Å². The lowest BCUT2D eigenvalue weighted by Crippen LogP contribution is -2.18. The number of thiophene rings is 2. The van der Waals surface area contributed by atoms with Crippen LogP contribution in [0.5, 0.6) is 0 Å². The summed E-state index contributed by atoms with van der Waals surface area (Å²) >= 11 is 2.31. The van der Waals surface area contributed by atoms with Crippen molar-refractivity contribution in [2.45, 2.75) is 0 Å². The molecule has 8 nitrogen and oxygen atoms in total. The third-order valence-corrected chi connectivity index (χ3v) is 5.34. The van der Waals surface area contributed by atoms with Crippen molar-refractivity contribution < 1.29 is 29.4 Å². The van der Waals surface area contributed by atoms with Gasteiger partial charge >= 0.3 is 11.9 Å². The van der Waals surface area contributed by atoms with E-state index in [1.54, 1.807) is 35.0 Å². The molecular formula is C18H12N2O6S2. The predicted octanol–water partition coefficient (Wildman–Crippen LogP) is 3.71. The molecular weight excluding hydrogens is 404 g/mol. The van der Waals surface area contributed by atoms with Crippen molar-refractivity contribution in [3.63, 3.8) is 0 Å². The largest absolute Gasteiger partial charge is 0.478 e. The molecule has 0 radical (unpaired) electrons. The molecule has 4 N–H and O–H groups in total. The predicted molar refractivity (Wildman–Crippen MR) is 105 cm³/mol. The lowest BCUT2D eigenvalue weighted by atomic mass is 10.1. The van der Waals surface area contributed by atoms with Crippen LogP contribution in [0, 0.1) is 0 Å². The van der Waals surface area contributed by atoms with E-state index >= 15 is 0 Å². The Morgan fingerprint density at radius 1 is 0.714 bits per heavy atom. The number of amides is 2. The maximum absolute atomic E-state index is 12.2. The summed E-state index contributed by atoms with van der Waals surface area (Å²) in [7, 11) is 0. The van der Waals surface area contributed by atoms with Crippen LogP contribution in [0.4, 0.5) is 11.4 Å². The molecule has 10 heteroatoms. The molecule has 3 aromatic rings. The molecule has 2 heterocycles. The highest BCUT2D eigenvalue weighted by molar-refractivity contribution is 7.12. The minimum absolute atomic E-state index is 0.183. The van der Waals surface area contributed by atoms with Gasteiger partial charge in [-0.15, -0.1) is 22.7 Å². The van der Waals surface area contributed by atoms with Crippen molar-refractivity contribution in [2.24, 2.45) is 0 Å². The lowest BCUT2D eigenvalue weighted by Gasteiger charge is -2.14. The van der Waals surface area contributed by atoms with Gasteiger partial charge < -0.3 is 20.8 Å². The fraction of sp³-hybridized carbons (Fsp3) is 0. The highest BCUT2D eigenvalue weighted by Crippen LogP contribution is 2.28. The van der Waals surface area contributed by atoms with Crippen LogP contribution < -0.4 is 10.6 Å². The second-order valence-corrected chi connectivity index (χ2v) is 7.31. The van der Waals surface area contributed by atoms with E-state index in [0.717, 1.165) is 34.8 Å². The fourth-order valence-electron chi connectivity index (χ4n) is 2.34. The van der Waals surface area contributed by atoms with E-state index in [1.165, 1.54) is 0 Å². The number of benzene rings is 1. The summed E-state index contributed by atoms with van der Waals surface area (Å²) in [6.45, 7) is 0. The zero-order chi connectivity index (χ0) is 20.3. The average Bonchev–Trinajstić information content (AvgIpc) is 3.35. The summed E-state index contributed by atoms with van der Waals surface area (Å²) in [5, 5.41) is 27.1. The molecule has 3 rings (SSSR count). The van der Waals surface area contributed by atoms with Crippen molar-refractivity contribution in [1.82, 2.24) is 0 Å². The maximum Gasteiger partial charge on any atom is 0.337 e. The van der Waals surface area contributed by atoms with Gasteiger partial charge in [-0.05, 0) is 35.0 Å². The van der Waals surface area contributed by atoms with E-state index < -0.39 is 23.8 Å². The first-order valence-electron chi connectivity index (χ1n) is 7.71. The average molecular weight is 416 g/mol. The first kappa shape index (κ1) is 19.3. The Balaban J connectivity index is 2.00. The van der Waals surface area contributed by atoms with Crippen molar-refractivity contribution in [1.29, 1.82) is 0 Å². The minimum Gasteiger partial charge on any atom is -0.478 e. The molecule has 0 atom stereocenters. The van der Waals surface area contributed by atoms with Gasteiger partial charge in [-0.3, -0.25) is 9.59 Å². The number of nitrogens with one attached hydrogen (secondary N) is 2. The van der Waals surface area contributed by atoms with Gasteiger partial charge in [0.15, 0.2) is 0 Å². The molecule has 1 aromatic carbocycles. The number of hydrogen-bond acceptors (Lipinski definition) is 6. The van der Waals surface area contributed by atoms with Crippen LogP contribution in [-0.2, 0) is 0 Å². The molecule has 0 bridgehead atoms. The number of carboxylic acids is 2. The zero-order valence-corrected chi connectivity index (χ0v) is 15.6. The maximum atomic E-state index is 12.2. The van der Waals surface area contributed by atoms with Crippen LogP contribution in [-0.4, -0.2) is 34.0 Å². The Hall–Kier alpha value is -3.50. The monoisotopic (exact) mass is 416 g/mol. The van der Waals surface area contributed by atoms with Crippen molar-refractivity contribution in [3.05, 3.63) is 68.0 Å². The summed E-state index contributed by atoms with van der Waals surface area (Å²) in [6.07, 6.45) is 0. The Bertz CT molecular complexity index is 972. The Kier molecular flexibility index (Phi) is 5.52. The molecule has 2 amide bonds. The van der Waals surface area contributed by atoms with Gasteiger partial charge in [0.05, 0.1) is 32.3 Å². The first-order valence-corrected chi connectivity index (χ1v) is 9.47. The normalized spacial score (nSPS) is 10.3. The first-order chi connectivity index (χ1) is 13.4. The number of anilines is 2. The van der Waals surface area contributed by atoms with Crippen molar-refractivity contribution in [3.8, 4) is 0 Å². The summed E-state index contributed by atoms with van der Waals surface area (Å²) in [4.78, 5) is 48.4. The quantitative estimate of drug-likeness (QED) is 0.484. The van der Waals surface area contributed by atoms with E-state index in [1.807, 2.05) is 0 Å². The van der Waals surface area contributed by atoms with Crippen LogP contribution in [0.15, 0.2) is 47.2 Å². The second-order valence-electron chi connectivity index (χ2n) is 5.42. The van der Waals surface area contributed by atoms with Crippen LogP contribution in [0.25, 0.3) is 0 Å². The molecule has 0 unspecified atom stereocenters. The van der Waals surface area contributed by atoms with Gasteiger partial charge in [0.25, 0.3) is 11.8 Å². The molecule has 0 saturated heterocycles. The highest BCUT2D eigenvalue weighted by atomic mass is 32.1. The van der Waals surface area contributed by atoms with Crippen molar-refractivity contribution >= 4 is 57.8 Å². The number of carboxylic acid groups (broad SMARTS) is 2. The minimum atomic E-state index is -1.38. The number of rotatable bonds is 6. The highest BCUT2D eigenvalue weighted by Gasteiger charge is 2.22. The van der Waals surface area contributed by atoms with Crippen LogP contribution in [0.1, 0.15) is 40.1 Å². The molecule has 0 aliphatic heterocycles. The van der Waals surface area contributed by atoms with E-state index in [4.69, 9.17) is 0 Å². The Morgan fingerprint density at radius 2 is 1.11 bits per heavy atom. The second kappa shape index (κ2) is 8.03. The Morgan fingerprint density at radius 3 is 1.39 bits per heavy atom. The van der Waals surface area contributed by atoms with E-state index in [-0.39, 0.29) is 22.5 Å². The van der Waals surface area contributed by atoms with Crippen LogP contribution in [0.3, 0.4) is 0 Å². The van der Waals surface area contributed by atoms with Gasteiger partial charge in [-0.2, -0.15) is 0 Å². The van der Waals surface area contributed by atoms with Crippen LogP contribution in [0.2, 0.25) is 0 Å². The van der Waals surface area contributed by atoms with Gasteiger partial charge in [0.1, 0.15) is 0 Å². The van der Waals surface area contributed by atoms with Crippen molar-refractivity contribution in [2.75, 3.05) is 10.6 Å². The molecule has 2 aromatic heterocycles. The summed E-state index contributed by atoms with van der Waals surface area (Å²) in [5.74, 6) is -3.90. The lowest BCUT2D eigenvalue weighted by molar-refractivity contribution is 0.0682. The smallest absolute Gasteiger partial charge is 0.337 e. The van der Waals surface area contributed by atoms with Gasteiger partial charge in [-0.25, -0.2) is 9.59 Å². The molecule has 0 spiro atoms. The van der Waals surface area contributed by atoms with Gasteiger partial charge in [0, 0.05) is 0 Å². The van der Waals surface area contributed by atoms with Gasteiger partial charge in [-0.1, -0.05) is 12.1 Å². The van der Waals surface area contributed by atoms with E-state index in [2.05, 4.69) is 10.6 Å². The zero-order valence-electron chi connectivity index (χ0n) is 14.0. The SMILES string of the molecule is O=C(Nc1cc(C(=O)O)c(NC(=O)c2cccs2)cc1C(=O)O)c1cccs1. The van der Waals surface area contributed by atoms with E-state index in [0.29, 0.717) is 9.75 Å². The Labute approximate surface area is 166 Å². The number of aromatic carboxylic acids is 2. The topological polar surface area (TPSA) is 133 Å². The molecule has 0 aliphatic carbocycles. The molecule has 142 valence electrons. The number of hydrogen-bond donors (Lipinski definition) is 4. The summed E-state index contributed by atoms with van der Waals surface area (Å²) in [6, 6.07) is 8.44. The van der Waals surface area contributed by atoms with Gasteiger partial charge in [0.2, 0.25) is 0 Å². The molecule has 0 saturated carbocycles. The third kappa shape index (κ3) is 4.08. The third-order valence-electron chi connectivity index (χ3n) is 3.60. The number of carbonyl (C=O) groups is 4. The standard InChI is InChI=1S/C18H12N2O6S2/c21-15(13-3-1-5-27-13)19-11-7-10(18(25)26)12(8-9(11)17(23)24)20-16(22)14-4-2-6-28-14/h1-8H,(H,19,21)(H,20,22)(H,23,24)(H,25,26). The fourth-order valence-corrected chi connectivity index (χ4v) is 3.58. The van der Waals surface area contributed by atoms with Crippen LogP contribution >= 0.6 is 22.7 Å². The summed E-state index contributed by atoms with van der Waals surface area (Å²) in [5.41, 5.74) is -1.07. The molecule has 0 aliphatic rings.